The van der Waals surface area contributed by atoms with Gasteiger partial charge in [0.05, 0.1) is 26.0 Å². The number of piperidine rings is 1. The third-order valence-electron chi connectivity index (χ3n) is 5.70. The van der Waals surface area contributed by atoms with Crippen LogP contribution >= 0.6 is 15.9 Å². The van der Waals surface area contributed by atoms with Crippen LogP contribution in [-0.2, 0) is 19.8 Å². The minimum atomic E-state index is -4.73. The van der Waals surface area contributed by atoms with Gasteiger partial charge in [-0.2, -0.15) is 0 Å². The van der Waals surface area contributed by atoms with Crippen molar-refractivity contribution in [2.75, 3.05) is 40.2 Å². The molecule has 0 N–H and O–H groups in total. The highest BCUT2D eigenvalue weighted by atomic mass is 79.9. The average Bonchev–Trinajstić information content (AvgIpc) is 3.25. The molecule has 4 rings (SSSR count). The zero-order valence-electron chi connectivity index (χ0n) is 18.1. The van der Waals surface area contributed by atoms with Gasteiger partial charge in [-0.3, -0.25) is 9.53 Å². The van der Waals surface area contributed by atoms with Crippen LogP contribution in [0.25, 0.3) is 0 Å². The third kappa shape index (κ3) is 5.29. The molecule has 12 heteroatoms. The van der Waals surface area contributed by atoms with E-state index in [1.165, 1.54) is 25.3 Å². The number of rotatable bonds is 7. The van der Waals surface area contributed by atoms with Gasteiger partial charge in [0.2, 0.25) is 0 Å². The largest absolute Gasteiger partial charge is 0.522 e. The molecule has 2 aliphatic rings. The number of hydrogen-bond acceptors (Lipinski definition) is 7. The topological polar surface area (TPSA) is 79.4 Å². The van der Waals surface area contributed by atoms with Crippen molar-refractivity contribution >= 4 is 21.8 Å². The predicted molar refractivity (Wildman–Crippen MR) is 115 cm³/mol. The van der Waals surface area contributed by atoms with E-state index in [1.807, 2.05) is 18.2 Å². The molecule has 0 bridgehead atoms. The Morgan fingerprint density at radius 3 is 2.82 bits per heavy atom. The number of alkyl halides is 3. The highest BCUT2D eigenvalue weighted by Gasteiger charge is 2.52. The van der Waals surface area contributed by atoms with Gasteiger partial charge < -0.3 is 23.8 Å². The first-order valence-electron chi connectivity index (χ1n) is 10.4. The lowest BCUT2D eigenvalue weighted by Crippen LogP contribution is -2.53. The molecular weight excluding hydrogens is 525 g/mol. The Morgan fingerprint density at radius 1 is 1.26 bits per heavy atom. The Balaban J connectivity index is 1.43. The number of carbonyl (C=O) groups is 1. The summed E-state index contributed by atoms with van der Waals surface area (Å²) in [5.41, 5.74) is 0.367. The number of carbonyl (C=O) groups excluding carboxylic acids is 1. The lowest BCUT2D eigenvalue weighted by molar-refractivity contribution is -0.325. The van der Waals surface area contributed by atoms with E-state index in [-0.39, 0.29) is 36.9 Å². The second kappa shape index (κ2) is 10.1. The Bertz CT molecular complexity index is 1040. The van der Waals surface area contributed by atoms with Crippen molar-refractivity contribution in [3.8, 4) is 11.5 Å². The first kappa shape index (κ1) is 24.7. The number of hydrogen-bond donors (Lipinski definition) is 0. The second-order valence-electron chi connectivity index (χ2n) is 7.66. The van der Waals surface area contributed by atoms with E-state index in [9.17, 15) is 18.0 Å². The quantitative estimate of drug-likeness (QED) is 0.385. The standard InChI is InChI=1S/C22H22BrF3N2O6/c1-30-16-11-14(5-6-15(16)31-9-10-33-22(24,25)26)20(29)28-8-7-21(18(12-28)32-13-34-21)17-3-2-4-19(23)27-17/h2-6,11,18H,7-10,12-13H2,1H3/t18-,21-/m1/s1. The van der Waals surface area contributed by atoms with Crippen molar-refractivity contribution < 1.29 is 41.7 Å². The van der Waals surface area contributed by atoms with Crippen LogP contribution in [0.3, 0.4) is 0 Å². The van der Waals surface area contributed by atoms with Gasteiger partial charge in [-0.25, -0.2) is 4.98 Å². The van der Waals surface area contributed by atoms with E-state index in [2.05, 4.69) is 25.7 Å². The highest BCUT2D eigenvalue weighted by molar-refractivity contribution is 9.10. The molecule has 0 radical (unpaired) electrons. The van der Waals surface area contributed by atoms with Crippen LogP contribution in [0.15, 0.2) is 41.0 Å². The number of likely N-dealkylation sites (tertiary alicyclic amines) is 1. The molecule has 1 amide bonds. The number of nitrogens with zero attached hydrogens (tertiary/aromatic N) is 2. The van der Waals surface area contributed by atoms with Gasteiger partial charge in [-0.15, -0.1) is 13.2 Å². The molecular formula is C22H22BrF3N2O6. The van der Waals surface area contributed by atoms with Crippen molar-refractivity contribution in [3.63, 3.8) is 0 Å². The fraction of sp³-hybridized carbons (Fsp3) is 0.455. The molecule has 2 aliphatic heterocycles. The van der Waals surface area contributed by atoms with Gasteiger partial charge in [0.15, 0.2) is 11.5 Å². The zero-order chi connectivity index (χ0) is 24.3. The van der Waals surface area contributed by atoms with Crippen molar-refractivity contribution in [1.29, 1.82) is 0 Å². The lowest BCUT2D eigenvalue weighted by Gasteiger charge is -2.41. The molecule has 1 aromatic heterocycles. The number of amides is 1. The fourth-order valence-electron chi connectivity index (χ4n) is 4.08. The summed E-state index contributed by atoms with van der Waals surface area (Å²) in [6.07, 6.45) is -4.61. The van der Waals surface area contributed by atoms with Gasteiger partial charge in [-0.05, 0) is 46.3 Å². The summed E-state index contributed by atoms with van der Waals surface area (Å²) >= 11 is 3.38. The van der Waals surface area contributed by atoms with Gasteiger partial charge >= 0.3 is 6.36 Å². The molecule has 34 heavy (non-hydrogen) atoms. The first-order valence-corrected chi connectivity index (χ1v) is 11.2. The number of aromatic nitrogens is 1. The molecule has 0 unspecified atom stereocenters. The van der Waals surface area contributed by atoms with E-state index in [0.717, 1.165) is 5.69 Å². The molecule has 2 fully saturated rings. The van der Waals surface area contributed by atoms with E-state index >= 15 is 0 Å². The predicted octanol–water partition coefficient (Wildman–Crippen LogP) is 3.88. The van der Waals surface area contributed by atoms with Crippen LogP contribution in [-0.4, -0.2) is 68.5 Å². The summed E-state index contributed by atoms with van der Waals surface area (Å²) in [6, 6.07) is 10.1. The molecule has 0 spiro atoms. The maximum absolute atomic E-state index is 13.2. The summed E-state index contributed by atoms with van der Waals surface area (Å²) < 4.78 is 63.0. The zero-order valence-corrected chi connectivity index (χ0v) is 19.7. The van der Waals surface area contributed by atoms with Crippen molar-refractivity contribution in [1.82, 2.24) is 9.88 Å². The number of halogens is 4. The van der Waals surface area contributed by atoms with Gasteiger partial charge in [0, 0.05) is 18.5 Å². The van der Waals surface area contributed by atoms with Crippen LogP contribution in [0.2, 0.25) is 0 Å². The third-order valence-corrected chi connectivity index (χ3v) is 6.14. The van der Waals surface area contributed by atoms with Crippen molar-refractivity contribution in [2.45, 2.75) is 24.5 Å². The van der Waals surface area contributed by atoms with Crippen LogP contribution in [0, 0.1) is 0 Å². The minimum absolute atomic E-state index is 0.110. The Labute approximate surface area is 202 Å². The smallest absolute Gasteiger partial charge is 0.493 e. The minimum Gasteiger partial charge on any atom is -0.493 e. The number of methoxy groups -OCH3 is 1. The molecule has 2 aromatic rings. The maximum atomic E-state index is 13.2. The van der Waals surface area contributed by atoms with Gasteiger partial charge in [-0.1, -0.05) is 6.07 Å². The summed E-state index contributed by atoms with van der Waals surface area (Å²) in [5.74, 6) is 0.190. The Morgan fingerprint density at radius 2 is 2.09 bits per heavy atom. The Kier molecular flexibility index (Phi) is 7.31. The maximum Gasteiger partial charge on any atom is 0.522 e. The van der Waals surface area contributed by atoms with Gasteiger partial charge in [0.1, 0.15) is 29.7 Å². The van der Waals surface area contributed by atoms with Crippen LogP contribution in [0.5, 0.6) is 11.5 Å². The summed E-state index contributed by atoms with van der Waals surface area (Å²) in [4.78, 5) is 19.4. The SMILES string of the molecule is COc1cc(C(=O)N2CC[C@]3(c4cccc(Br)n4)OCO[C@@H]3C2)ccc1OCCOC(F)(F)F. The van der Waals surface area contributed by atoms with Gasteiger partial charge in [0.25, 0.3) is 5.91 Å². The molecule has 0 saturated carbocycles. The number of benzene rings is 1. The monoisotopic (exact) mass is 546 g/mol. The summed E-state index contributed by atoms with van der Waals surface area (Å²) in [6.45, 7) is -0.164. The highest BCUT2D eigenvalue weighted by Crippen LogP contribution is 2.42. The number of fused-ring (bicyclic) bond motifs is 1. The molecule has 2 saturated heterocycles. The van der Waals surface area contributed by atoms with E-state index < -0.39 is 18.6 Å². The molecule has 8 nitrogen and oxygen atoms in total. The number of pyridine rings is 1. The molecule has 184 valence electrons. The molecule has 0 aliphatic carbocycles. The van der Waals surface area contributed by atoms with Crippen molar-refractivity contribution in [3.05, 3.63) is 52.3 Å². The lowest BCUT2D eigenvalue weighted by atomic mass is 9.85. The molecule has 3 heterocycles. The summed E-state index contributed by atoms with van der Waals surface area (Å²) in [7, 11) is 1.38. The van der Waals surface area contributed by atoms with E-state index in [0.29, 0.717) is 29.7 Å². The molecule has 1 aromatic carbocycles. The van der Waals surface area contributed by atoms with Crippen LogP contribution in [0.1, 0.15) is 22.5 Å². The van der Waals surface area contributed by atoms with E-state index in [4.69, 9.17) is 18.9 Å². The van der Waals surface area contributed by atoms with E-state index in [1.54, 1.807) is 4.90 Å². The normalized spacial score (nSPS) is 22.4. The van der Waals surface area contributed by atoms with Crippen molar-refractivity contribution in [2.24, 2.45) is 0 Å². The van der Waals surface area contributed by atoms with Crippen LogP contribution < -0.4 is 9.47 Å². The second-order valence-corrected chi connectivity index (χ2v) is 8.47. The first-order chi connectivity index (χ1) is 16.2. The molecule has 2 atom stereocenters. The fourth-order valence-corrected chi connectivity index (χ4v) is 4.43. The number of ether oxygens (including phenoxy) is 5. The van der Waals surface area contributed by atoms with Crippen LogP contribution in [0.4, 0.5) is 13.2 Å². The Hall–Kier alpha value is -2.41. The average molecular weight is 547 g/mol. The summed E-state index contributed by atoms with van der Waals surface area (Å²) in [5, 5.41) is 0.